The summed E-state index contributed by atoms with van der Waals surface area (Å²) in [6, 6.07) is 4.95. The number of aromatic nitrogens is 1. The summed E-state index contributed by atoms with van der Waals surface area (Å²) >= 11 is 0. The molecule has 1 N–H and O–H groups in total. The molecule has 1 aromatic carbocycles. The monoisotopic (exact) mass is 326 g/mol. The minimum atomic E-state index is -0.460. The predicted molar refractivity (Wildman–Crippen MR) is 96.3 cm³/mol. The largest absolute Gasteiger partial charge is 0.465 e. The van der Waals surface area contributed by atoms with Crippen molar-refractivity contribution in [3.05, 3.63) is 70.6 Å². The highest BCUT2D eigenvalue weighted by molar-refractivity contribution is 5.94. The Hall–Kier alpha value is -2.66. The van der Waals surface area contributed by atoms with Crippen molar-refractivity contribution in [2.24, 2.45) is 0 Å². The van der Waals surface area contributed by atoms with E-state index in [9.17, 15) is 9.59 Å². The van der Waals surface area contributed by atoms with Crippen molar-refractivity contribution in [3.8, 4) is 0 Å². The second kappa shape index (κ2) is 7.75. The van der Waals surface area contributed by atoms with Gasteiger partial charge in [-0.25, -0.2) is 4.79 Å². The van der Waals surface area contributed by atoms with Crippen molar-refractivity contribution in [3.63, 3.8) is 0 Å². The Morgan fingerprint density at radius 1 is 1.29 bits per heavy atom. The van der Waals surface area contributed by atoms with Crippen molar-refractivity contribution >= 4 is 16.9 Å². The maximum Gasteiger partial charge on any atom is 0.337 e. The van der Waals surface area contributed by atoms with E-state index in [1.807, 2.05) is 6.92 Å². The van der Waals surface area contributed by atoms with E-state index >= 15 is 0 Å². The molecule has 1 aromatic heterocycles. The Kier molecular flexibility index (Phi) is 5.71. The second-order valence-electron chi connectivity index (χ2n) is 5.58. The lowest BCUT2D eigenvalue weighted by atomic mass is 10.1. The highest BCUT2D eigenvalue weighted by Gasteiger charge is 2.14. The van der Waals surface area contributed by atoms with Gasteiger partial charge in [0, 0.05) is 41.8 Å². The van der Waals surface area contributed by atoms with Gasteiger partial charge in [-0.05, 0) is 25.1 Å². The van der Waals surface area contributed by atoms with Gasteiger partial charge in [-0.3, -0.25) is 9.69 Å². The number of hydrogen-bond donors (Lipinski definition) is 1. The summed E-state index contributed by atoms with van der Waals surface area (Å²) in [5.74, 6) is -0.460. The van der Waals surface area contributed by atoms with Gasteiger partial charge in [-0.15, -0.1) is 13.2 Å². The Balaban J connectivity index is 2.53. The van der Waals surface area contributed by atoms with Crippen LogP contribution in [0.1, 0.15) is 21.6 Å². The van der Waals surface area contributed by atoms with Gasteiger partial charge in [-0.1, -0.05) is 12.2 Å². The van der Waals surface area contributed by atoms with Crippen LogP contribution in [0.25, 0.3) is 10.9 Å². The van der Waals surface area contributed by atoms with Crippen LogP contribution in [-0.2, 0) is 11.3 Å². The number of pyridine rings is 1. The number of carbonyl (C=O) groups excluding carboxylic acids is 1. The third kappa shape index (κ3) is 3.63. The smallest absolute Gasteiger partial charge is 0.337 e. The minimum absolute atomic E-state index is 0.0786. The van der Waals surface area contributed by atoms with E-state index in [-0.39, 0.29) is 5.43 Å². The van der Waals surface area contributed by atoms with E-state index in [0.717, 1.165) is 5.69 Å². The number of fused-ring (bicyclic) bond motifs is 1. The summed E-state index contributed by atoms with van der Waals surface area (Å²) in [6.45, 7) is 11.2. The van der Waals surface area contributed by atoms with Crippen LogP contribution >= 0.6 is 0 Å². The van der Waals surface area contributed by atoms with Crippen LogP contribution in [0.2, 0.25) is 0 Å². The van der Waals surface area contributed by atoms with Crippen molar-refractivity contribution in [2.45, 2.75) is 13.5 Å². The van der Waals surface area contributed by atoms with Crippen molar-refractivity contribution in [1.29, 1.82) is 0 Å². The van der Waals surface area contributed by atoms with Crippen LogP contribution < -0.4 is 5.43 Å². The molecule has 24 heavy (non-hydrogen) atoms. The van der Waals surface area contributed by atoms with E-state index in [1.165, 1.54) is 7.11 Å². The first kappa shape index (κ1) is 17.7. The van der Waals surface area contributed by atoms with Crippen LogP contribution in [0.3, 0.4) is 0 Å². The highest BCUT2D eigenvalue weighted by Crippen LogP contribution is 2.15. The number of H-pyrrole nitrogens is 1. The normalized spacial score (nSPS) is 10.8. The number of methoxy groups -OCH3 is 1. The van der Waals surface area contributed by atoms with Gasteiger partial charge in [0.25, 0.3) is 0 Å². The molecule has 0 aliphatic carbocycles. The second-order valence-corrected chi connectivity index (χ2v) is 5.58. The third-order valence-corrected chi connectivity index (χ3v) is 3.89. The summed E-state index contributed by atoms with van der Waals surface area (Å²) in [5, 5.41) is 0.482. The first-order chi connectivity index (χ1) is 11.5. The molecule has 0 atom stereocenters. The Bertz CT molecular complexity index is 826. The molecule has 0 saturated heterocycles. The van der Waals surface area contributed by atoms with Crippen LogP contribution in [0.15, 0.2) is 48.3 Å². The Morgan fingerprint density at radius 2 is 1.96 bits per heavy atom. The quantitative estimate of drug-likeness (QED) is 0.628. The average Bonchev–Trinajstić information content (AvgIpc) is 2.58. The number of hydrogen-bond acceptors (Lipinski definition) is 4. The van der Waals surface area contributed by atoms with Gasteiger partial charge in [0.05, 0.1) is 12.7 Å². The van der Waals surface area contributed by atoms with Gasteiger partial charge in [0.15, 0.2) is 5.43 Å². The zero-order chi connectivity index (χ0) is 17.7. The highest BCUT2D eigenvalue weighted by atomic mass is 16.5. The number of carbonyl (C=O) groups is 1. The summed E-state index contributed by atoms with van der Waals surface area (Å²) in [7, 11) is 1.32. The molecule has 2 rings (SSSR count). The van der Waals surface area contributed by atoms with E-state index in [2.05, 4.69) is 23.0 Å². The molecule has 0 amide bonds. The maximum atomic E-state index is 12.9. The van der Waals surface area contributed by atoms with Crippen LogP contribution in [-0.4, -0.2) is 36.1 Å². The molecule has 0 radical (unpaired) electrons. The first-order valence-electron chi connectivity index (χ1n) is 7.69. The molecular weight excluding hydrogens is 304 g/mol. The molecule has 0 aliphatic rings. The molecule has 126 valence electrons. The lowest BCUT2D eigenvalue weighted by Gasteiger charge is -2.20. The fourth-order valence-corrected chi connectivity index (χ4v) is 2.68. The number of nitrogens with zero attached hydrogens (tertiary/aromatic N) is 1. The number of ether oxygens (including phenoxy) is 1. The number of aromatic amines is 1. The van der Waals surface area contributed by atoms with Gasteiger partial charge in [0.2, 0.25) is 0 Å². The van der Waals surface area contributed by atoms with Gasteiger partial charge in [0.1, 0.15) is 0 Å². The maximum absolute atomic E-state index is 12.9. The van der Waals surface area contributed by atoms with E-state index in [4.69, 9.17) is 4.74 Å². The van der Waals surface area contributed by atoms with Crippen molar-refractivity contribution < 1.29 is 9.53 Å². The molecule has 0 fully saturated rings. The summed E-state index contributed by atoms with van der Waals surface area (Å²) < 4.78 is 4.73. The number of benzene rings is 1. The fourth-order valence-electron chi connectivity index (χ4n) is 2.68. The van der Waals surface area contributed by atoms with Gasteiger partial charge < -0.3 is 9.72 Å². The standard InChI is InChI=1S/C19H22N2O3/c1-5-9-21(10-6-2)12-16-13(3)20-17-8-7-14(19(23)24-4)11-15(17)18(16)22/h5-8,11H,1-2,9-10,12H2,3-4H3,(H,20,22). The van der Waals surface area contributed by atoms with E-state index < -0.39 is 5.97 Å². The van der Waals surface area contributed by atoms with Crippen molar-refractivity contribution in [2.75, 3.05) is 20.2 Å². The van der Waals surface area contributed by atoms with Crippen LogP contribution in [0, 0.1) is 6.92 Å². The molecule has 0 saturated carbocycles. The molecule has 0 spiro atoms. The molecule has 2 aromatic rings. The third-order valence-electron chi connectivity index (χ3n) is 3.89. The number of rotatable bonds is 7. The molecular formula is C19H22N2O3. The lowest BCUT2D eigenvalue weighted by Crippen LogP contribution is -2.28. The molecule has 0 aliphatic heterocycles. The average molecular weight is 326 g/mol. The Morgan fingerprint density at radius 3 is 2.54 bits per heavy atom. The summed E-state index contributed by atoms with van der Waals surface area (Å²) in [4.78, 5) is 29.9. The van der Waals surface area contributed by atoms with E-state index in [0.29, 0.717) is 41.7 Å². The zero-order valence-electron chi connectivity index (χ0n) is 14.1. The molecule has 1 heterocycles. The summed E-state index contributed by atoms with van der Waals surface area (Å²) in [6.07, 6.45) is 3.59. The number of nitrogens with one attached hydrogen (secondary N) is 1. The number of esters is 1. The SMILES string of the molecule is C=CCN(CC=C)Cc1c(C)[nH]c2ccc(C(=O)OC)cc2c1=O. The molecule has 5 heteroatoms. The minimum Gasteiger partial charge on any atom is -0.465 e. The predicted octanol–water partition coefficient (Wildman–Crippen LogP) is 2.80. The first-order valence-corrected chi connectivity index (χ1v) is 7.69. The zero-order valence-corrected chi connectivity index (χ0v) is 14.1. The topological polar surface area (TPSA) is 62.4 Å². The van der Waals surface area contributed by atoms with Gasteiger partial charge in [-0.2, -0.15) is 0 Å². The molecule has 0 unspecified atom stereocenters. The van der Waals surface area contributed by atoms with E-state index in [1.54, 1.807) is 30.4 Å². The van der Waals surface area contributed by atoms with Crippen LogP contribution in [0.5, 0.6) is 0 Å². The Labute approximate surface area is 141 Å². The van der Waals surface area contributed by atoms with Crippen LogP contribution in [0.4, 0.5) is 0 Å². The fraction of sp³-hybridized carbons (Fsp3) is 0.263. The number of aryl methyl sites for hydroxylation is 1. The molecule has 0 bridgehead atoms. The molecule has 5 nitrogen and oxygen atoms in total. The summed E-state index contributed by atoms with van der Waals surface area (Å²) in [5.41, 5.74) is 2.47. The van der Waals surface area contributed by atoms with Gasteiger partial charge >= 0.3 is 5.97 Å². The van der Waals surface area contributed by atoms with Crippen molar-refractivity contribution in [1.82, 2.24) is 9.88 Å². The lowest BCUT2D eigenvalue weighted by molar-refractivity contribution is 0.0601.